The summed E-state index contributed by atoms with van der Waals surface area (Å²) in [6, 6.07) is 2.74. The van der Waals surface area contributed by atoms with Crippen LogP contribution in [-0.2, 0) is 9.53 Å². The summed E-state index contributed by atoms with van der Waals surface area (Å²) < 4.78 is 15.3. The van der Waals surface area contributed by atoms with Crippen molar-refractivity contribution < 1.29 is 19.0 Å². The molecule has 0 aromatic heterocycles. The van der Waals surface area contributed by atoms with E-state index in [0.717, 1.165) is 0 Å². The predicted octanol–water partition coefficient (Wildman–Crippen LogP) is 2.69. The molecule has 1 atom stereocenters. The Hall–Kier alpha value is -1.17. The average molecular weight is 322 g/mol. The van der Waals surface area contributed by atoms with Crippen LogP contribution in [-0.4, -0.2) is 19.9 Å². The number of halogens is 2. The van der Waals surface area contributed by atoms with Gasteiger partial charge in [0, 0.05) is 17.1 Å². The number of esters is 1. The molecule has 20 heavy (non-hydrogen) atoms. The minimum Gasteiger partial charge on any atom is -0.469 e. The third-order valence-corrected chi connectivity index (χ3v) is 3.64. The monoisotopic (exact) mass is 321 g/mol. The maximum absolute atomic E-state index is 11.8. The lowest BCUT2D eigenvalue weighted by molar-refractivity contribution is -0.152. The molecule has 5 nitrogen and oxygen atoms in total. The minimum atomic E-state index is -0.897. The van der Waals surface area contributed by atoms with Crippen LogP contribution in [0.15, 0.2) is 12.1 Å². The second kappa shape index (κ2) is 6.08. The highest BCUT2D eigenvalue weighted by Crippen LogP contribution is 2.42. The van der Waals surface area contributed by atoms with Crippen molar-refractivity contribution in [2.24, 2.45) is 11.1 Å². The second-order valence-electron chi connectivity index (χ2n) is 4.92. The molecule has 0 saturated carbocycles. The fraction of sp³-hybridized carbons (Fsp3) is 0.462. The molecule has 1 aromatic rings. The van der Waals surface area contributed by atoms with Crippen molar-refractivity contribution in [1.29, 1.82) is 0 Å². The maximum atomic E-state index is 11.8. The lowest BCUT2D eigenvalue weighted by Crippen LogP contribution is -2.37. The molecule has 0 spiro atoms. The van der Waals surface area contributed by atoms with Gasteiger partial charge >= 0.3 is 5.97 Å². The number of hydrogen-bond acceptors (Lipinski definition) is 5. The van der Waals surface area contributed by atoms with Crippen molar-refractivity contribution in [1.82, 2.24) is 0 Å². The third kappa shape index (κ3) is 2.80. The minimum absolute atomic E-state index is 0. The summed E-state index contributed by atoms with van der Waals surface area (Å²) in [5, 5.41) is 0.439. The first-order valence-electron chi connectivity index (χ1n) is 5.81. The van der Waals surface area contributed by atoms with Crippen molar-refractivity contribution in [3.63, 3.8) is 0 Å². The van der Waals surface area contributed by atoms with Crippen LogP contribution >= 0.6 is 24.0 Å². The van der Waals surface area contributed by atoms with Crippen LogP contribution in [0.2, 0.25) is 5.02 Å². The van der Waals surface area contributed by atoms with Crippen molar-refractivity contribution in [3.8, 4) is 11.5 Å². The molecule has 0 aliphatic carbocycles. The van der Waals surface area contributed by atoms with E-state index in [1.54, 1.807) is 26.0 Å². The summed E-state index contributed by atoms with van der Waals surface area (Å²) >= 11 is 6.19. The molecule has 0 bridgehead atoms. The molecule has 2 N–H and O–H groups in total. The van der Waals surface area contributed by atoms with Crippen LogP contribution in [0.4, 0.5) is 0 Å². The Morgan fingerprint density at radius 1 is 1.40 bits per heavy atom. The highest BCUT2D eigenvalue weighted by atomic mass is 35.5. The first-order valence-corrected chi connectivity index (χ1v) is 6.18. The van der Waals surface area contributed by atoms with E-state index in [0.29, 0.717) is 22.1 Å². The largest absolute Gasteiger partial charge is 0.469 e. The van der Waals surface area contributed by atoms with Gasteiger partial charge in [-0.05, 0) is 25.5 Å². The number of methoxy groups -OCH3 is 1. The predicted molar refractivity (Wildman–Crippen MR) is 77.5 cm³/mol. The second-order valence-corrected chi connectivity index (χ2v) is 5.33. The number of ether oxygens (including phenoxy) is 3. The molecule has 1 aliphatic rings. The molecule has 1 aromatic carbocycles. The number of fused-ring (bicyclic) bond motifs is 1. The van der Waals surface area contributed by atoms with Gasteiger partial charge in [-0.1, -0.05) is 11.6 Å². The number of carbonyl (C=O) groups is 1. The molecule has 0 unspecified atom stereocenters. The van der Waals surface area contributed by atoms with E-state index in [1.165, 1.54) is 7.11 Å². The van der Waals surface area contributed by atoms with Crippen LogP contribution in [0.3, 0.4) is 0 Å². The van der Waals surface area contributed by atoms with Gasteiger partial charge in [0.2, 0.25) is 6.79 Å². The third-order valence-electron chi connectivity index (χ3n) is 3.32. The van der Waals surface area contributed by atoms with E-state index >= 15 is 0 Å². The molecule has 112 valence electrons. The van der Waals surface area contributed by atoms with Gasteiger partial charge in [-0.3, -0.25) is 4.79 Å². The summed E-state index contributed by atoms with van der Waals surface area (Å²) in [7, 11) is 1.33. The Labute approximate surface area is 128 Å². The SMILES string of the molecule is COC(=O)C(C)(C)[C@@H](N)c1cc2c(cc1Cl)OCO2.Cl. The smallest absolute Gasteiger partial charge is 0.313 e. The number of rotatable bonds is 3. The van der Waals surface area contributed by atoms with E-state index < -0.39 is 17.4 Å². The fourth-order valence-electron chi connectivity index (χ4n) is 1.95. The van der Waals surface area contributed by atoms with E-state index in [1.807, 2.05) is 0 Å². The van der Waals surface area contributed by atoms with Gasteiger partial charge in [-0.15, -0.1) is 12.4 Å². The van der Waals surface area contributed by atoms with E-state index in [9.17, 15) is 4.79 Å². The maximum Gasteiger partial charge on any atom is 0.313 e. The summed E-state index contributed by atoms with van der Waals surface area (Å²) in [5.74, 6) is 0.765. The summed E-state index contributed by atoms with van der Waals surface area (Å²) in [5.41, 5.74) is 5.89. The molecule has 7 heteroatoms. The van der Waals surface area contributed by atoms with Crippen LogP contribution in [0.25, 0.3) is 0 Å². The van der Waals surface area contributed by atoms with Gasteiger partial charge in [0.05, 0.1) is 12.5 Å². The molecule has 0 amide bonds. The first kappa shape index (κ1) is 16.9. The van der Waals surface area contributed by atoms with Gasteiger partial charge in [0.1, 0.15) is 0 Å². The molecule has 1 aliphatic heterocycles. The van der Waals surface area contributed by atoms with Crippen LogP contribution in [0.5, 0.6) is 11.5 Å². The van der Waals surface area contributed by atoms with E-state index in [4.69, 9.17) is 31.5 Å². The lowest BCUT2D eigenvalue weighted by atomic mass is 9.81. The first-order chi connectivity index (χ1) is 8.87. The Bertz CT molecular complexity index is 519. The summed E-state index contributed by atoms with van der Waals surface area (Å²) in [4.78, 5) is 11.8. The van der Waals surface area contributed by atoms with Gasteiger partial charge in [-0.25, -0.2) is 0 Å². The Morgan fingerprint density at radius 2 is 1.95 bits per heavy atom. The molecular formula is C13H17Cl2NO4. The number of benzene rings is 1. The van der Waals surface area contributed by atoms with Gasteiger partial charge in [-0.2, -0.15) is 0 Å². The van der Waals surface area contributed by atoms with Crippen LogP contribution in [0, 0.1) is 5.41 Å². The van der Waals surface area contributed by atoms with Gasteiger partial charge in [0.15, 0.2) is 11.5 Å². The summed E-state index contributed by atoms with van der Waals surface area (Å²) in [6.07, 6.45) is 0. The highest BCUT2D eigenvalue weighted by molar-refractivity contribution is 6.31. The number of carbonyl (C=O) groups excluding carboxylic acids is 1. The van der Waals surface area contributed by atoms with Crippen LogP contribution in [0.1, 0.15) is 25.5 Å². The molecule has 0 saturated heterocycles. The fourth-order valence-corrected chi connectivity index (χ4v) is 2.22. The Morgan fingerprint density at radius 3 is 2.50 bits per heavy atom. The van der Waals surface area contributed by atoms with Crippen molar-refractivity contribution in [2.75, 3.05) is 13.9 Å². The molecule has 2 rings (SSSR count). The van der Waals surface area contributed by atoms with Crippen molar-refractivity contribution >= 4 is 30.0 Å². The molecular weight excluding hydrogens is 305 g/mol. The highest BCUT2D eigenvalue weighted by Gasteiger charge is 2.38. The zero-order valence-corrected chi connectivity index (χ0v) is 13.0. The van der Waals surface area contributed by atoms with E-state index in [-0.39, 0.29) is 19.2 Å². The van der Waals surface area contributed by atoms with Gasteiger partial charge in [0.25, 0.3) is 0 Å². The molecule has 0 radical (unpaired) electrons. The normalized spacial score (nSPS) is 14.4. The zero-order valence-electron chi connectivity index (χ0n) is 11.4. The van der Waals surface area contributed by atoms with Crippen molar-refractivity contribution in [2.45, 2.75) is 19.9 Å². The average Bonchev–Trinajstić information content (AvgIpc) is 2.82. The van der Waals surface area contributed by atoms with Crippen LogP contribution < -0.4 is 15.2 Å². The number of nitrogens with two attached hydrogens (primary N) is 1. The molecule has 0 fully saturated rings. The Balaban J connectivity index is 0.00000200. The lowest BCUT2D eigenvalue weighted by Gasteiger charge is -2.29. The number of hydrogen-bond donors (Lipinski definition) is 1. The zero-order chi connectivity index (χ0) is 14.2. The quantitative estimate of drug-likeness (QED) is 0.867. The molecule has 1 heterocycles. The van der Waals surface area contributed by atoms with E-state index in [2.05, 4.69) is 0 Å². The summed E-state index contributed by atoms with van der Waals surface area (Å²) in [6.45, 7) is 3.58. The standard InChI is InChI=1S/C13H16ClNO4.ClH/c1-13(2,12(16)17-3)11(15)7-4-9-10(5-8(7)14)19-6-18-9;/h4-5,11H,6,15H2,1-3H3;1H/t11-;/m0./s1. The van der Waals surface area contributed by atoms with Gasteiger partial charge < -0.3 is 19.9 Å². The van der Waals surface area contributed by atoms with Crippen molar-refractivity contribution in [3.05, 3.63) is 22.7 Å². The Kier molecular flexibility index (Phi) is 5.13. The topological polar surface area (TPSA) is 70.8 Å².